The summed E-state index contributed by atoms with van der Waals surface area (Å²) in [5.74, 6) is -1.45. The summed E-state index contributed by atoms with van der Waals surface area (Å²) in [6.07, 6.45) is 0. The first-order valence-electron chi connectivity index (χ1n) is 7.20. The van der Waals surface area contributed by atoms with Gasteiger partial charge < -0.3 is 9.72 Å². The van der Waals surface area contributed by atoms with E-state index in [9.17, 15) is 14.0 Å². The van der Waals surface area contributed by atoms with Gasteiger partial charge in [0.05, 0.1) is 5.56 Å². The predicted molar refractivity (Wildman–Crippen MR) is 91.7 cm³/mol. The molecule has 1 heterocycles. The van der Waals surface area contributed by atoms with Crippen LogP contribution in [0, 0.1) is 12.7 Å². The molecule has 1 N–H and O–H groups in total. The molecule has 0 aliphatic heterocycles. The fourth-order valence-electron chi connectivity index (χ4n) is 2.57. The Labute approximate surface area is 145 Å². The lowest BCUT2D eigenvalue weighted by Gasteiger charge is -2.06. The van der Waals surface area contributed by atoms with E-state index in [2.05, 4.69) is 20.9 Å². The van der Waals surface area contributed by atoms with Crippen LogP contribution in [0.2, 0.25) is 0 Å². The number of ketones is 1. The average Bonchev–Trinajstić information content (AvgIpc) is 2.88. The maximum absolute atomic E-state index is 13.1. The highest BCUT2D eigenvalue weighted by Gasteiger charge is 2.19. The lowest BCUT2D eigenvalue weighted by atomic mass is 10.1. The molecule has 0 radical (unpaired) electrons. The summed E-state index contributed by atoms with van der Waals surface area (Å²) in [4.78, 5) is 27.6. The second kappa shape index (κ2) is 6.57. The van der Waals surface area contributed by atoms with Gasteiger partial charge in [0.2, 0.25) is 5.78 Å². The highest BCUT2D eigenvalue weighted by Crippen LogP contribution is 2.23. The van der Waals surface area contributed by atoms with Crippen molar-refractivity contribution in [3.63, 3.8) is 0 Å². The largest absolute Gasteiger partial charge is 0.454 e. The van der Waals surface area contributed by atoms with Gasteiger partial charge in [-0.05, 0) is 47.1 Å². The zero-order valence-electron chi connectivity index (χ0n) is 12.7. The number of aromatic nitrogens is 1. The SMILES string of the molecule is Cc1[nH]c2ccccc2c1C(=O)COC(=O)c1ccc(F)cc1Br. The van der Waals surface area contributed by atoms with Gasteiger partial charge in [-0.15, -0.1) is 0 Å². The molecule has 1 aromatic heterocycles. The minimum absolute atomic E-state index is 0.167. The smallest absolute Gasteiger partial charge is 0.339 e. The number of esters is 1. The van der Waals surface area contributed by atoms with E-state index in [0.29, 0.717) is 5.56 Å². The number of para-hydroxylation sites is 1. The number of fused-ring (bicyclic) bond motifs is 1. The van der Waals surface area contributed by atoms with Crippen LogP contribution in [-0.4, -0.2) is 23.3 Å². The number of rotatable bonds is 4. The third kappa shape index (κ3) is 3.10. The molecule has 6 heteroatoms. The van der Waals surface area contributed by atoms with Crippen molar-refractivity contribution < 1.29 is 18.7 Å². The van der Waals surface area contributed by atoms with Gasteiger partial charge in [0.15, 0.2) is 6.61 Å². The van der Waals surface area contributed by atoms with Crippen molar-refractivity contribution in [1.29, 1.82) is 0 Å². The molecule has 0 unspecified atom stereocenters. The van der Waals surface area contributed by atoms with Crippen molar-refractivity contribution in [2.45, 2.75) is 6.92 Å². The first-order chi connectivity index (χ1) is 11.5. The summed E-state index contributed by atoms with van der Waals surface area (Å²) >= 11 is 3.11. The molecule has 4 nitrogen and oxygen atoms in total. The fourth-order valence-corrected chi connectivity index (χ4v) is 3.08. The molecule has 2 aromatic carbocycles. The second-order valence-corrected chi connectivity index (χ2v) is 6.15. The molecule has 3 rings (SSSR count). The third-order valence-corrected chi connectivity index (χ3v) is 4.31. The number of hydrogen-bond acceptors (Lipinski definition) is 3. The van der Waals surface area contributed by atoms with Crippen LogP contribution in [0.1, 0.15) is 26.4 Å². The Kier molecular flexibility index (Phi) is 4.49. The molecule has 24 heavy (non-hydrogen) atoms. The predicted octanol–water partition coefficient (Wildman–Crippen LogP) is 4.42. The van der Waals surface area contributed by atoms with E-state index in [1.165, 1.54) is 12.1 Å². The third-order valence-electron chi connectivity index (χ3n) is 3.66. The minimum atomic E-state index is -0.687. The second-order valence-electron chi connectivity index (χ2n) is 5.29. The Morgan fingerprint density at radius 2 is 1.96 bits per heavy atom. The zero-order chi connectivity index (χ0) is 17.3. The number of benzene rings is 2. The number of Topliss-reactive ketones (excluding diaryl/α,β-unsaturated/α-hetero) is 1. The molecule has 0 spiro atoms. The lowest BCUT2D eigenvalue weighted by molar-refractivity contribution is 0.0474. The summed E-state index contributed by atoms with van der Waals surface area (Å²) in [6.45, 7) is 1.41. The molecular formula is C18H13BrFNO3. The highest BCUT2D eigenvalue weighted by atomic mass is 79.9. The van der Waals surface area contributed by atoms with E-state index >= 15 is 0 Å². The number of halogens is 2. The number of aryl methyl sites for hydroxylation is 1. The monoisotopic (exact) mass is 389 g/mol. The van der Waals surface area contributed by atoms with Gasteiger partial charge in [-0.25, -0.2) is 9.18 Å². The van der Waals surface area contributed by atoms with Crippen LogP contribution in [0.25, 0.3) is 10.9 Å². The van der Waals surface area contributed by atoms with Crippen LogP contribution in [-0.2, 0) is 4.74 Å². The summed E-state index contributed by atoms with van der Waals surface area (Å²) in [5.41, 5.74) is 2.25. The number of carbonyl (C=O) groups is 2. The summed E-state index contributed by atoms with van der Waals surface area (Å²) in [6, 6.07) is 11.1. The topological polar surface area (TPSA) is 59.2 Å². The van der Waals surface area contributed by atoms with Crippen molar-refractivity contribution in [3.8, 4) is 0 Å². The molecule has 0 bridgehead atoms. The number of nitrogens with one attached hydrogen (secondary N) is 1. The summed E-state index contributed by atoms with van der Waals surface area (Å²) < 4.78 is 18.4. The molecule has 0 fully saturated rings. The molecule has 0 aliphatic rings. The molecular weight excluding hydrogens is 377 g/mol. The van der Waals surface area contributed by atoms with E-state index in [0.717, 1.165) is 22.7 Å². The van der Waals surface area contributed by atoms with Gasteiger partial charge in [0.1, 0.15) is 5.82 Å². The van der Waals surface area contributed by atoms with E-state index < -0.39 is 11.8 Å². The van der Waals surface area contributed by atoms with E-state index in [4.69, 9.17) is 4.74 Å². The van der Waals surface area contributed by atoms with E-state index in [1.807, 2.05) is 24.3 Å². The Bertz CT molecular complexity index is 949. The van der Waals surface area contributed by atoms with E-state index in [-0.39, 0.29) is 22.4 Å². The quantitative estimate of drug-likeness (QED) is 0.530. The summed E-state index contributed by atoms with van der Waals surface area (Å²) in [5, 5.41) is 0.791. The fraction of sp³-hybridized carbons (Fsp3) is 0.111. The molecule has 0 aliphatic carbocycles. The van der Waals surface area contributed by atoms with Crippen LogP contribution in [0.3, 0.4) is 0 Å². The highest BCUT2D eigenvalue weighted by molar-refractivity contribution is 9.10. The first kappa shape index (κ1) is 16.4. The van der Waals surface area contributed by atoms with Gasteiger partial charge in [0.25, 0.3) is 0 Å². The average molecular weight is 390 g/mol. The lowest BCUT2D eigenvalue weighted by Crippen LogP contribution is -2.15. The molecule has 0 atom stereocenters. The van der Waals surface area contributed by atoms with Crippen molar-refractivity contribution >= 4 is 38.6 Å². The maximum Gasteiger partial charge on any atom is 0.339 e. The molecule has 0 amide bonds. The minimum Gasteiger partial charge on any atom is -0.454 e. The van der Waals surface area contributed by atoms with Crippen LogP contribution in [0.4, 0.5) is 4.39 Å². The Morgan fingerprint density at radius 1 is 1.21 bits per heavy atom. The number of H-pyrrole nitrogens is 1. The molecule has 0 saturated heterocycles. The number of ether oxygens (including phenoxy) is 1. The van der Waals surface area contributed by atoms with Gasteiger partial charge in [-0.1, -0.05) is 18.2 Å². The van der Waals surface area contributed by atoms with Crippen molar-refractivity contribution in [3.05, 3.63) is 69.6 Å². The van der Waals surface area contributed by atoms with Gasteiger partial charge in [-0.2, -0.15) is 0 Å². The Morgan fingerprint density at radius 3 is 2.71 bits per heavy atom. The first-order valence-corrected chi connectivity index (χ1v) is 7.99. The number of aromatic amines is 1. The van der Waals surface area contributed by atoms with Crippen LogP contribution in [0.5, 0.6) is 0 Å². The number of hydrogen-bond donors (Lipinski definition) is 1. The standard InChI is InChI=1S/C18H13BrFNO3/c1-10-17(13-4-2-3-5-15(13)21-10)16(22)9-24-18(23)12-7-6-11(20)8-14(12)19/h2-8,21H,9H2,1H3. The van der Waals surface area contributed by atoms with Gasteiger partial charge >= 0.3 is 5.97 Å². The van der Waals surface area contributed by atoms with Gasteiger partial charge in [-0.3, -0.25) is 4.79 Å². The van der Waals surface area contributed by atoms with Crippen molar-refractivity contribution in [1.82, 2.24) is 4.98 Å². The van der Waals surface area contributed by atoms with Crippen LogP contribution >= 0.6 is 15.9 Å². The Hall–Kier alpha value is -2.47. The van der Waals surface area contributed by atoms with Crippen molar-refractivity contribution in [2.75, 3.05) is 6.61 Å². The molecule has 3 aromatic rings. The Balaban J connectivity index is 1.77. The van der Waals surface area contributed by atoms with E-state index in [1.54, 1.807) is 6.92 Å². The maximum atomic E-state index is 13.1. The summed E-state index contributed by atoms with van der Waals surface area (Å²) in [7, 11) is 0. The van der Waals surface area contributed by atoms with Crippen molar-refractivity contribution in [2.24, 2.45) is 0 Å². The number of carbonyl (C=O) groups excluding carboxylic acids is 2. The van der Waals surface area contributed by atoms with Gasteiger partial charge in [0, 0.05) is 26.6 Å². The molecule has 122 valence electrons. The normalized spacial score (nSPS) is 10.8. The molecule has 0 saturated carbocycles. The van der Waals surface area contributed by atoms with Crippen LogP contribution < -0.4 is 0 Å². The van der Waals surface area contributed by atoms with Crippen LogP contribution in [0.15, 0.2) is 46.9 Å². The zero-order valence-corrected chi connectivity index (χ0v) is 14.3.